The second-order valence-electron chi connectivity index (χ2n) is 8.19. The molecule has 4 rings (SSSR count). The molecule has 3 aromatic carbocycles. The molecule has 0 saturated carbocycles. The third-order valence-corrected chi connectivity index (χ3v) is 5.87. The van der Waals surface area contributed by atoms with E-state index in [0.717, 1.165) is 12.7 Å². The predicted molar refractivity (Wildman–Crippen MR) is 137 cm³/mol. The van der Waals surface area contributed by atoms with Gasteiger partial charge >= 0.3 is 16.1 Å². The molecule has 9 heteroatoms. The average Bonchev–Trinajstić information content (AvgIpc) is 3.13. The maximum atomic E-state index is 13.5. The molecule has 0 saturated heterocycles. The van der Waals surface area contributed by atoms with Crippen LogP contribution in [0.25, 0.3) is 11.4 Å². The van der Waals surface area contributed by atoms with Crippen LogP contribution in [-0.2, 0) is 16.5 Å². The van der Waals surface area contributed by atoms with Crippen LogP contribution in [0.1, 0.15) is 35.7 Å². The van der Waals surface area contributed by atoms with E-state index < -0.39 is 16.1 Å². The molecule has 36 heavy (non-hydrogen) atoms. The first-order valence-electron chi connectivity index (χ1n) is 11.5. The fourth-order valence-electron chi connectivity index (χ4n) is 3.76. The van der Waals surface area contributed by atoms with E-state index in [0.29, 0.717) is 35.5 Å². The molecule has 0 aliphatic rings. The predicted octanol–water partition coefficient (Wildman–Crippen LogP) is 4.53. The van der Waals surface area contributed by atoms with Gasteiger partial charge < -0.3 is 8.92 Å². The standard InChI is InChI=1S/C27H26N2O6S/c1-3-4-15-24-25(30)28(21-13-9-6-10-14-21)29(26(24)35-36(2,32)33)22-16-18-23(19-17-22)34-27(31)20-11-7-5-8-12-20/h5-14,16-19H,3-4,15H2,1-2H3. The molecule has 0 bridgehead atoms. The average molecular weight is 507 g/mol. The van der Waals surface area contributed by atoms with Crippen LogP contribution in [-0.4, -0.2) is 30.0 Å². The van der Waals surface area contributed by atoms with E-state index in [9.17, 15) is 18.0 Å². The van der Waals surface area contributed by atoms with Crippen molar-refractivity contribution in [3.63, 3.8) is 0 Å². The van der Waals surface area contributed by atoms with Gasteiger partial charge in [0.15, 0.2) is 0 Å². The summed E-state index contributed by atoms with van der Waals surface area (Å²) in [6.07, 6.45) is 2.79. The Bertz CT molecular complexity index is 1510. The van der Waals surface area contributed by atoms with Crippen LogP contribution in [0.5, 0.6) is 11.6 Å². The van der Waals surface area contributed by atoms with Gasteiger partial charge in [-0.2, -0.15) is 8.42 Å². The summed E-state index contributed by atoms with van der Waals surface area (Å²) in [7, 11) is -3.94. The van der Waals surface area contributed by atoms with Crippen molar-refractivity contribution in [3.05, 3.63) is 106 Å². The highest BCUT2D eigenvalue weighted by molar-refractivity contribution is 7.86. The molecule has 0 radical (unpaired) electrons. The summed E-state index contributed by atoms with van der Waals surface area (Å²) in [4.78, 5) is 26.0. The van der Waals surface area contributed by atoms with E-state index in [1.165, 1.54) is 9.36 Å². The van der Waals surface area contributed by atoms with Crippen LogP contribution in [0.4, 0.5) is 0 Å². The Balaban J connectivity index is 1.82. The van der Waals surface area contributed by atoms with Crippen LogP contribution < -0.4 is 14.5 Å². The lowest BCUT2D eigenvalue weighted by Gasteiger charge is -2.15. The lowest BCUT2D eigenvalue weighted by Crippen LogP contribution is -2.22. The molecule has 4 aromatic rings. The number of aromatic nitrogens is 2. The first-order valence-corrected chi connectivity index (χ1v) is 13.3. The van der Waals surface area contributed by atoms with Gasteiger partial charge in [-0.1, -0.05) is 49.7 Å². The van der Waals surface area contributed by atoms with Gasteiger partial charge in [0.2, 0.25) is 5.88 Å². The number of ether oxygens (including phenoxy) is 1. The number of carbonyl (C=O) groups excluding carboxylic acids is 1. The van der Waals surface area contributed by atoms with Crippen LogP contribution in [0.3, 0.4) is 0 Å². The highest BCUT2D eigenvalue weighted by atomic mass is 32.2. The molecule has 0 unspecified atom stereocenters. The topological polar surface area (TPSA) is 96.6 Å². The number of hydrogen-bond acceptors (Lipinski definition) is 6. The van der Waals surface area contributed by atoms with Gasteiger partial charge in [-0.05, 0) is 61.4 Å². The molecule has 0 N–H and O–H groups in total. The number of para-hydroxylation sites is 1. The van der Waals surface area contributed by atoms with Crippen molar-refractivity contribution in [1.82, 2.24) is 9.36 Å². The molecule has 0 amide bonds. The molecule has 186 valence electrons. The van der Waals surface area contributed by atoms with Crippen molar-refractivity contribution in [3.8, 4) is 23.0 Å². The highest BCUT2D eigenvalue weighted by Crippen LogP contribution is 2.28. The van der Waals surface area contributed by atoms with E-state index >= 15 is 0 Å². The lowest BCUT2D eigenvalue weighted by molar-refractivity contribution is 0.0734. The molecule has 0 atom stereocenters. The smallest absolute Gasteiger partial charge is 0.343 e. The van der Waals surface area contributed by atoms with Crippen LogP contribution in [0.15, 0.2) is 89.7 Å². The summed E-state index contributed by atoms with van der Waals surface area (Å²) in [6.45, 7) is 1.99. The second-order valence-corrected chi connectivity index (χ2v) is 9.76. The zero-order valence-corrected chi connectivity index (χ0v) is 20.8. The third kappa shape index (κ3) is 5.58. The summed E-state index contributed by atoms with van der Waals surface area (Å²) in [5.74, 6) is -0.271. The van der Waals surface area contributed by atoms with Gasteiger partial charge in [-0.15, -0.1) is 0 Å². The number of carbonyl (C=O) groups is 1. The molecular weight excluding hydrogens is 480 g/mol. The maximum absolute atomic E-state index is 13.5. The first kappa shape index (κ1) is 25.0. The minimum Gasteiger partial charge on any atom is -0.423 e. The molecular formula is C27H26N2O6S. The summed E-state index contributed by atoms with van der Waals surface area (Å²) in [6, 6.07) is 23.9. The van der Waals surface area contributed by atoms with Crippen molar-refractivity contribution in [2.45, 2.75) is 26.2 Å². The third-order valence-electron chi connectivity index (χ3n) is 5.41. The normalized spacial score (nSPS) is 11.3. The zero-order chi connectivity index (χ0) is 25.7. The second kappa shape index (κ2) is 10.7. The Morgan fingerprint density at radius 1 is 0.833 bits per heavy atom. The number of hydrogen-bond donors (Lipinski definition) is 0. The van der Waals surface area contributed by atoms with Crippen LogP contribution >= 0.6 is 0 Å². The van der Waals surface area contributed by atoms with Gasteiger partial charge in [-0.3, -0.25) is 4.79 Å². The number of esters is 1. The quantitative estimate of drug-likeness (QED) is 0.188. The number of unbranched alkanes of at least 4 members (excludes halogenated alkanes) is 1. The van der Waals surface area contributed by atoms with Crippen molar-refractivity contribution < 1.29 is 22.1 Å². The van der Waals surface area contributed by atoms with E-state index in [1.54, 1.807) is 78.9 Å². The minimum atomic E-state index is -3.94. The Morgan fingerprint density at radius 2 is 1.42 bits per heavy atom. The first-order chi connectivity index (χ1) is 17.3. The summed E-state index contributed by atoms with van der Waals surface area (Å²) >= 11 is 0. The number of rotatable bonds is 9. The number of nitrogens with zero attached hydrogens (tertiary/aromatic N) is 2. The van der Waals surface area contributed by atoms with Gasteiger partial charge in [0.25, 0.3) is 5.56 Å². The minimum absolute atomic E-state index is 0.0613. The summed E-state index contributed by atoms with van der Waals surface area (Å²) in [5.41, 5.74) is 1.31. The van der Waals surface area contributed by atoms with E-state index in [1.807, 2.05) is 13.0 Å². The molecule has 0 aliphatic carbocycles. The Kier molecular flexibility index (Phi) is 7.40. The van der Waals surface area contributed by atoms with Gasteiger partial charge in [0.1, 0.15) is 5.75 Å². The maximum Gasteiger partial charge on any atom is 0.343 e. The van der Waals surface area contributed by atoms with E-state index in [4.69, 9.17) is 8.92 Å². The molecule has 0 spiro atoms. The Labute approximate surface area is 209 Å². The van der Waals surface area contributed by atoms with Crippen LogP contribution in [0, 0.1) is 0 Å². The fraction of sp³-hybridized carbons (Fsp3) is 0.185. The Hall–Kier alpha value is -4.11. The molecule has 0 aliphatic heterocycles. The monoisotopic (exact) mass is 506 g/mol. The van der Waals surface area contributed by atoms with E-state index in [-0.39, 0.29) is 17.0 Å². The fourth-order valence-corrected chi connectivity index (χ4v) is 4.21. The SMILES string of the molecule is CCCCc1c(OS(C)(=O)=O)n(-c2ccc(OC(=O)c3ccccc3)cc2)n(-c2ccccc2)c1=O. The van der Waals surface area contributed by atoms with Gasteiger partial charge in [0.05, 0.1) is 28.8 Å². The van der Waals surface area contributed by atoms with Crippen molar-refractivity contribution in [1.29, 1.82) is 0 Å². The molecule has 1 aromatic heterocycles. The van der Waals surface area contributed by atoms with Gasteiger partial charge in [-0.25, -0.2) is 14.2 Å². The number of benzene rings is 3. The Morgan fingerprint density at radius 3 is 2.00 bits per heavy atom. The van der Waals surface area contributed by atoms with Gasteiger partial charge in [0, 0.05) is 0 Å². The highest BCUT2D eigenvalue weighted by Gasteiger charge is 2.26. The summed E-state index contributed by atoms with van der Waals surface area (Å²) < 4.78 is 38.0. The summed E-state index contributed by atoms with van der Waals surface area (Å²) in [5, 5.41) is 0. The van der Waals surface area contributed by atoms with Crippen molar-refractivity contribution in [2.24, 2.45) is 0 Å². The van der Waals surface area contributed by atoms with E-state index in [2.05, 4.69) is 0 Å². The molecule has 0 fully saturated rings. The largest absolute Gasteiger partial charge is 0.423 e. The van der Waals surface area contributed by atoms with Crippen molar-refractivity contribution >= 4 is 16.1 Å². The van der Waals surface area contributed by atoms with Crippen molar-refractivity contribution in [2.75, 3.05) is 6.26 Å². The molecule has 8 nitrogen and oxygen atoms in total. The zero-order valence-electron chi connectivity index (χ0n) is 20.0. The molecule has 1 heterocycles. The lowest BCUT2D eigenvalue weighted by atomic mass is 10.1. The van der Waals surface area contributed by atoms with Crippen LogP contribution in [0.2, 0.25) is 0 Å².